The van der Waals surface area contributed by atoms with Crippen LogP contribution >= 0.6 is 0 Å². The van der Waals surface area contributed by atoms with Gasteiger partial charge in [-0.1, -0.05) is 0 Å². The lowest BCUT2D eigenvalue weighted by Gasteiger charge is -2.27. The van der Waals surface area contributed by atoms with E-state index in [1.807, 2.05) is 0 Å². The second-order valence-electron chi connectivity index (χ2n) is 6.95. The van der Waals surface area contributed by atoms with E-state index in [0.29, 0.717) is 16.8 Å². The molecular weight excluding hydrogens is 390 g/mol. The van der Waals surface area contributed by atoms with Gasteiger partial charge >= 0.3 is 6.18 Å². The van der Waals surface area contributed by atoms with Gasteiger partial charge in [0, 0.05) is 23.9 Å². The topological polar surface area (TPSA) is 112 Å². The molecule has 0 radical (unpaired) electrons. The minimum atomic E-state index is -4.59. The molecule has 156 valence electrons. The number of aromatic nitrogens is 1. The van der Waals surface area contributed by atoms with Crippen molar-refractivity contribution >= 4 is 0 Å². The van der Waals surface area contributed by atoms with Gasteiger partial charge in [-0.25, -0.2) is 9.37 Å². The number of nitrogens with zero attached hydrogens (tertiary/aromatic N) is 1. The number of nitrogens with two attached hydrogens (primary N) is 3. The summed E-state index contributed by atoms with van der Waals surface area (Å²) >= 11 is 0. The highest BCUT2D eigenvalue weighted by atomic mass is 19.4. The number of alkyl halides is 3. The highest BCUT2D eigenvalue weighted by Gasteiger charge is 2.45. The molecule has 0 aliphatic carbocycles. The predicted molar refractivity (Wildman–Crippen MR) is 99.9 cm³/mol. The van der Waals surface area contributed by atoms with Gasteiger partial charge in [-0.2, -0.15) is 13.2 Å². The molecule has 0 amide bonds. The van der Waals surface area contributed by atoms with Crippen LogP contribution in [0.2, 0.25) is 0 Å². The van der Waals surface area contributed by atoms with Gasteiger partial charge in [-0.05, 0) is 37.3 Å². The van der Waals surface area contributed by atoms with Crippen molar-refractivity contribution in [2.75, 3.05) is 13.2 Å². The maximum atomic E-state index is 13.6. The Kier molecular flexibility index (Phi) is 5.42. The first-order chi connectivity index (χ1) is 13.7. The molecule has 2 aromatic rings. The molecular formula is C19H21F4N5O. The normalized spacial score (nSPS) is 20.2. The molecule has 7 N–H and O–H groups in total. The van der Waals surface area contributed by atoms with Gasteiger partial charge < -0.3 is 21.6 Å². The van der Waals surface area contributed by atoms with Crippen molar-refractivity contribution in [1.82, 2.24) is 10.4 Å². The average molecular weight is 411 g/mol. The van der Waals surface area contributed by atoms with Crippen LogP contribution in [0.5, 0.6) is 5.75 Å². The van der Waals surface area contributed by atoms with E-state index in [1.54, 1.807) is 6.92 Å². The number of ether oxygens (including phenoxy) is 1. The molecule has 0 saturated carbocycles. The first kappa shape index (κ1) is 20.9. The Bertz CT molecular complexity index is 929. The van der Waals surface area contributed by atoms with E-state index in [2.05, 4.69) is 10.4 Å². The molecule has 1 aromatic carbocycles. The smallest absolute Gasteiger partial charge is 0.398 e. The summed E-state index contributed by atoms with van der Waals surface area (Å²) in [6.45, 7) is 1.14. The first-order valence-electron chi connectivity index (χ1n) is 8.75. The number of rotatable bonds is 5. The monoisotopic (exact) mass is 411 g/mol. The number of hydrogen-bond acceptors (Lipinski definition) is 6. The highest BCUT2D eigenvalue weighted by molar-refractivity contribution is 5.71. The second kappa shape index (κ2) is 7.53. The van der Waals surface area contributed by atoms with Crippen molar-refractivity contribution in [3.8, 4) is 17.0 Å². The van der Waals surface area contributed by atoms with Crippen molar-refractivity contribution in [3.05, 3.63) is 59.3 Å². The van der Waals surface area contributed by atoms with Gasteiger partial charge in [0.2, 0.25) is 0 Å². The van der Waals surface area contributed by atoms with Gasteiger partial charge in [0.1, 0.15) is 29.8 Å². The van der Waals surface area contributed by atoms with Gasteiger partial charge in [-0.3, -0.25) is 5.84 Å². The second-order valence-corrected chi connectivity index (χ2v) is 6.95. The SMILES string of the molecule is C[C@]1(/C(=C/N)NN)COc2c1cc(C(CN)C(F)(F)F)nc2-c1ccc(F)cc1. The minimum Gasteiger partial charge on any atom is -0.490 e. The number of hydrazine groups is 1. The van der Waals surface area contributed by atoms with Crippen molar-refractivity contribution in [1.29, 1.82) is 0 Å². The summed E-state index contributed by atoms with van der Waals surface area (Å²) in [4.78, 5) is 4.21. The largest absolute Gasteiger partial charge is 0.490 e. The molecule has 6 nitrogen and oxygen atoms in total. The fourth-order valence-corrected chi connectivity index (χ4v) is 3.42. The quantitative estimate of drug-likeness (QED) is 0.342. The third-order valence-corrected chi connectivity index (χ3v) is 5.11. The Morgan fingerprint density at radius 1 is 1.34 bits per heavy atom. The van der Waals surface area contributed by atoms with Gasteiger partial charge in [-0.15, -0.1) is 0 Å². The molecule has 3 rings (SSSR count). The van der Waals surface area contributed by atoms with Crippen LogP contribution < -0.4 is 27.5 Å². The summed E-state index contributed by atoms with van der Waals surface area (Å²) in [6.07, 6.45) is -3.36. The van der Waals surface area contributed by atoms with Crippen LogP contribution in [0.3, 0.4) is 0 Å². The average Bonchev–Trinajstić information content (AvgIpc) is 3.00. The molecule has 0 fully saturated rings. The zero-order chi connectivity index (χ0) is 21.4. The Balaban J connectivity index is 2.29. The van der Waals surface area contributed by atoms with Crippen molar-refractivity contribution in [2.24, 2.45) is 17.3 Å². The first-order valence-corrected chi connectivity index (χ1v) is 8.75. The summed E-state index contributed by atoms with van der Waals surface area (Å²) < 4.78 is 59.9. The Labute approximate surface area is 164 Å². The summed E-state index contributed by atoms with van der Waals surface area (Å²) in [5.41, 5.74) is 13.7. The molecule has 2 heterocycles. The zero-order valence-corrected chi connectivity index (χ0v) is 15.6. The van der Waals surface area contributed by atoms with Gasteiger partial charge in [0.15, 0.2) is 0 Å². The Morgan fingerprint density at radius 3 is 2.52 bits per heavy atom. The fraction of sp³-hybridized carbons (Fsp3) is 0.316. The maximum Gasteiger partial charge on any atom is 0.398 e. The Hall–Kier alpha value is -2.85. The molecule has 2 atom stereocenters. The third-order valence-electron chi connectivity index (χ3n) is 5.11. The van der Waals surface area contributed by atoms with E-state index >= 15 is 0 Å². The summed E-state index contributed by atoms with van der Waals surface area (Å²) in [5, 5.41) is 0. The molecule has 29 heavy (non-hydrogen) atoms. The van der Waals surface area contributed by atoms with E-state index in [-0.39, 0.29) is 23.7 Å². The standard InChI is InChI=1S/C19H21F4N5O/c1-18(15(8-25)28-26)9-29-17-12(18)6-14(13(7-24)19(21,22)23)27-16(17)10-2-4-11(20)5-3-10/h2-6,8,13,28H,7,9,24-26H2,1H3/b15-8-/t13?,18-/m0/s1. The number of hydrogen-bond donors (Lipinski definition) is 4. The number of nitrogens with one attached hydrogen (secondary N) is 1. The number of benzene rings is 1. The van der Waals surface area contributed by atoms with Crippen LogP contribution in [0.25, 0.3) is 11.3 Å². The van der Waals surface area contributed by atoms with Crippen LogP contribution in [0.4, 0.5) is 17.6 Å². The molecule has 0 bridgehead atoms. The molecule has 0 spiro atoms. The molecule has 10 heteroatoms. The number of fused-ring (bicyclic) bond motifs is 1. The van der Waals surface area contributed by atoms with E-state index in [9.17, 15) is 17.6 Å². The Morgan fingerprint density at radius 2 is 2.00 bits per heavy atom. The van der Waals surface area contributed by atoms with Crippen molar-refractivity contribution in [2.45, 2.75) is 24.4 Å². The van der Waals surface area contributed by atoms with Crippen LogP contribution in [0.15, 0.2) is 42.2 Å². The summed E-state index contributed by atoms with van der Waals surface area (Å²) in [5.74, 6) is 3.38. The lowest BCUT2D eigenvalue weighted by Crippen LogP contribution is -2.38. The molecule has 1 aliphatic heterocycles. The summed E-state index contributed by atoms with van der Waals surface area (Å²) in [6, 6.07) is 6.56. The maximum absolute atomic E-state index is 13.6. The van der Waals surface area contributed by atoms with Gasteiger partial charge in [0.25, 0.3) is 0 Å². The molecule has 0 saturated heterocycles. The van der Waals surface area contributed by atoms with E-state index in [0.717, 1.165) is 0 Å². The number of pyridine rings is 1. The van der Waals surface area contributed by atoms with Crippen LogP contribution in [0.1, 0.15) is 24.1 Å². The van der Waals surface area contributed by atoms with Crippen molar-refractivity contribution in [3.63, 3.8) is 0 Å². The van der Waals surface area contributed by atoms with E-state index in [1.165, 1.54) is 36.5 Å². The fourth-order valence-electron chi connectivity index (χ4n) is 3.42. The van der Waals surface area contributed by atoms with Crippen LogP contribution in [-0.2, 0) is 5.41 Å². The molecule has 1 unspecified atom stereocenters. The minimum absolute atomic E-state index is 0.0776. The van der Waals surface area contributed by atoms with Crippen molar-refractivity contribution < 1.29 is 22.3 Å². The molecule has 1 aromatic heterocycles. The zero-order valence-electron chi connectivity index (χ0n) is 15.6. The lowest BCUT2D eigenvalue weighted by atomic mass is 9.80. The van der Waals surface area contributed by atoms with E-state index < -0.39 is 29.9 Å². The van der Waals surface area contributed by atoms with Crippen LogP contribution in [0, 0.1) is 5.82 Å². The predicted octanol–water partition coefficient (Wildman–Crippen LogP) is 2.41. The van der Waals surface area contributed by atoms with E-state index in [4.69, 9.17) is 22.0 Å². The third kappa shape index (κ3) is 3.60. The molecule has 1 aliphatic rings. The summed E-state index contributed by atoms with van der Waals surface area (Å²) in [7, 11) is 0. The highest BCUT2D eigenvalue weighted by Crippen LogP contribution is 2.48. The number of halogens is 4. The van der Waals surface area contributed by atoms with Crippen LogP contribution in [-0.4, -0.2) is 24.3 Å². The van der Waals surface area contributed by atoms with Gasteiger partial charge in [0.05, 0.1) is 16.8 Å². The lowest BCUT2D eigenvalue weighted by molar-refractivity contribution is -0.148.